The van der Waals surface area contributed by atoms with Gasteiger partial charge in [0.25, 0.3) is 0 Å². The summed E-state index contributed by atoms with van der Waals surface area (Å²) in [5, 5.41) is 2.98. The zero-order valence-electron chi connectivity index (χ0n) is 19.5. The first-order valence-electron chi connectivity index (χ1n) is 10.8. The molecule has 174 valence electrons. The van der Waals surface area contributed by atoms with Crippen LogP contribution in [0, 0.1) is 5.92 Å². The Kier molecular flexibility index (Phi) is 9.58. The zero-order chi connectivity index (χ0) is 22.9. The first-order valence-corrected chi connectivity index (χ1v) is 10.8. The second kappa shape index (κ2) is 11.9. The van der Waals surface area contributed by atoms with Crippen molar-refractivity contribution in [3.8, 4) is 0 Å². The number of benzene rings is 1. The average molecular weight is 436 g/mol. The Labute approximate surface area is 185 Å². The lowest BCUT2D eigenvalue weighted by Gasteiger charge is -2.35. The number of piperidine rings is 1. The van der Waals surface area contributed by atoms with Crippen molar-refractivity contribution in [3.63, 3.8) is 0 Å². The van der Waals surface area contributed by atoms with Gasteiger partial charge in [0.2, 0.25) is 0 Å². The van der Waals surface area contributed by atoms with Crippen LogP contribution in [0.25, 0.3) is 0 Å². The van der Waals surface area contributed by atoms with Crippen LogP contribution >= 0.6 is 0 Å². The molecule has 2 rings (SSSR count). The Morgan fingerprint density at radius 3 is 2.74 bits per heavy atom. The summed E-state index contributed by atoms with van der Waals surface area (Å²) in [6, 6.07) is 7.53. The number of urea groups is 1. The Bertz CT molecular complexity index is 719. The third-order valence-corrected chi connectivity index (χ3v) is 4.92. The molecule has 31 heavy (non-hydrogen) atoms. The number of methoxy groups -OCH3 is 1. The third-order valence-electron chi connectivity index (χ3n) is 4.92. The Morgan fingerprint density at radius 2 is 2.03 bits per heavy atom. The van der Waals surface area contributed by atoms with Crippen LogP contribution in [0.4, 0.5) is 15.3 Å². The van der Waals surface area contributed by atoms with E-state index in [1.165, 1.54) is 0 Å². The summed E-state index contributed by atoms with van der Waals surface area (Å²) in [5.74, 6) is 0.220. The number of rotatable bonds is 8. The lowest BCUT2D eigenvalue weighted by molar-refractivity contribution is 0.0253. The molecule has 1 fully saturated rings. The van der Waals surface area contributed by atoms with Crippen LogP contribution in [0.1, 0.15) is 39.2 Å². The van der Waals surface area contributed by atoms with E-state index in [9.17, 15) is 9.59 Å². The number of carbonyl (C=O) groups excluding carboxylic acids is 2. The second-order valence-electron chi connectivity index (χ2n) is 8.99. The summed E-state index contributed by atoms with van der Waals surface area (Å²) >= 11 is 0. The highest BCUT2D eigenvalue weighted by molar-refractivity contribution is 5.89. The highest BCUT2D eigenvalue weighted by atomic mass is 16.6. The third kappa shape index (κ3) is 9.14. The molecule has 1 aromatic rings. The summed E-state index contributed by atoms with van der Waals surface area (Å²) in [7, 11) is 3.38. The minimum absolute atomic E-state index is 0.123. The van der Waals surface area contributed by atoms with Crippen molar-refractivity contribution in [2.75, 3.05) is 52.3 Å². The van der Waals surface area contributed by atoms with Gasteiger partial charge in [-0.3, -0.25) is 0 Å². The van der Waals surface area contributed by atoms with E-state index < -0.39 is 5.60 Å². The van der Waals surface area contributed by atoms with Crippen LogP contribution in [-0.4, -0.2) is 74.5 Å². The number of hydrogen-bond donors (Lipinski definition) is 1. The van der Waals surface area contributed by atoms with Gasteiger partial charge in [0.1, 0.15) is 5.60 Å². The summed E-state index contributed by atoms with van der Waals surface area (Å²) in [6.45, 7) is 8.99. The molecule has 1 unspecified atom stereocenters. The van der Waals surface area contributed by atoms with E-state index >= 15 is 0 Å². The van der Waals surface area contributed by atoms with Gasteiger partial charge in [-0.2, -0.15) is 0 Å². The normalized spacial score (nSPS) is 16.7. The first kappa shape index (κ1) is 24.9. The predicted octanol–water partition coefficient (Wildman–Crippen LogP) is 3.96. The molecule has 1 aliphatic rings. The average Bonchev–Trinajstić information content (AvgIpc) is 2.70. The van der Waals surface area contributed by atoms with Gasteiger partial charge >= 0.3 is 12.1 Å². The summed E-state index contributed by atoms with van der Waals surface area (Å²) < 4.78 is 15.9. The molecular formula is C23H37N3O5. The van der Waals surface area contributed by atoms with Gasteiger partial charge in [0, 0.05) is 39.5 Å². The number of anilines is 1. The van der Waals surface area contributed by atoms with Crippen molar-refractivity contribution < 1.29 is 23.8 Å². The molecule has 0 aromatic heterocycles. The van der Waals surface area contributed by atoms with Gasteiger partial charge in [-0.1, -0.05) is 12.1 Å². The maximum Gasteiger partial charge on any atom is 0.410 e. The van der Waals surface area contributed by atoms with E-state index in [2.05, 4.69) is 5.32 Å². The van der Waals surface area contributed by atoms with Gasteiger partial charge in [0.15, 0.2) is 0 Å². The number of carbonyl (C=O) groups is 2. The summed E-state index contributed by atoms with van der Waals surface area (Å²) in [5.41, 5.74) is 1.21. The largest absolute Gasteiger partial charge is 0.444 e. The van der Waals surface area contributed by atoms with E-state index in [0.717, 1.165) is 24.1 Å². The van der Waals surface area contributed by atoms with Gasteiger partial charge in [0.05, 0.1) is 19.8 Å². The molecule has 1 atom stereocenters. The number of nitrogens with zero attached hydrogens (tertiary/aromatic N) is 2. The molecule has 0 spiro atoms. The number of hydrogen-bond acceptors (Lipinski definition) is 5. The molecule has 1 heterocycles. The minimum Gasteiger partial charge on any atom is -0.444 e. The molecule has 0 aliphatic carbocycles. The van der Waals surface area contributed by atoms with E-state index in [1.54, 1.807) is 19.1 Å². The van der Waals surface area contributed by atoms with Crippen molar-refractivity contribution in [2.24, 2.45) is 5.92 Å². The SMILES string of the molecule is COCCOCc1cccc(NC(=O)N2CCCC(CN(C)C(=O)OC(C)(C)C)C2)c1. The monoisotopic (exact) mass is 435 g/mol. The van der Waals surface area contributed by atoms with Gasteiger partial charge < -0.3 is 29.3 Å². The van der Waals surface area contributed by atoms with E-state index in [-0.39, 0.29) is 18.0 Å². The fraction of sp³-hybridized carbons (Fsp3) is 0.652. The standard InChI is InChI=1S/C23H37N3O5/c1-23(2,3)31-22(28)25(4)15-19-9-7-11-26(16-19)21(27)24-20-10-6-8-18(14-20)17-30-13-12-29-5/h6,8,10,14,19H,7,9,11-13,15-17H2,1-5H3,(H,24,27). The second-order valence-corrected chi connectivity index (χ2v) is 8.99. The van der Waals surface area contributed by atoms with Crippen molar-refractivity contribution in [3.05, 3.63) is 29.8 Å². The molecular weight excluding hydrogens is 398 g/mol. The smallest absolute Gasteiger partial charge is 0.410 e. The number of ether oxygens (including phenoxy) is 3. The van der Waals surface area contributed by atoms with Crippen LogP contribution in [0.15, 0.2) is 24.3 Å². The maximum absolute atomic E-state index is 12.8. The lowest BCUT2D eigenvalue weighted by Crippen LogP contribution is -2.46. The zero-order valence-corrected chi connectivity index (χ0v) is 19.5. The Hall–Kier alpha value is -2.32. The topological polar surface area (TPSA) is 80.3 Å². The Balaban J connectivity index is 1.85. The quantitative estimate of drug-likeness (QED) is 0.625. The lowest BCUT2D eigenvalue weighted by atomic mass is 9.98. The summed E-state index contributed by atoms with van der Waals surface area (Å²) in [6.07, 6.45) is 1.55. The fourth-order valence-corrected chi connectivity index (χ4v) is 3.47. The van der Waals surface area contributed by atoms with Crippen LogP contribution in [-0.2, 0) is 20.8 Å². The number of likely N-dealkylation sites (tertiary alicyclic amines) is 1. The fourth-order valence-electron chi connectivity index (χ4n) is 3.47. The van der Waals surface area contributed by atoms with Crippen LogP contribution < -0.4 is 5.32 Å². The molecule has 1 aromatic carbocycles. The Morgan fingerprint density at radius 1 is 1.26 bits per heavy atom. The van der Waals surface area contributed by atoms with E-state index in [0.29, 0.717) is 39.5 Å². The van der Waals surface area contributed by atoms with Gasteiger partial charge in [-0.25, -0.2) is 9.59 Å². The molecule has 0 radical (unpaired) electrons. The predicted molar refractivity (Wildman–Crippen MR) is 120 cm³/mol. The molecule has 0 bridgehead atoms. The van der Waals surface area contributed by atoms with Crippen molar-refractivity contribution in [1.29, 1.82) is 0 Å². The summed E-state index contributed by atoms with van der Waals surface area (Å²) in [4.78, 5) is 28.4. The van der Waals surface area contributed by atoms with Gasteiger partial charge in [-0.05, 0) is 57.2 Å². The molecule has 1 N–H and O–H groups in total. The molecule has 8 heteroatoms. The molecule has 0 saturated carbocycles. The number of nitrogens with one attached hydrogen (secondary N) is 1. The van der Waals surface area contributed by atoms with E-state index in [4.69, 9.17) is 14.2 Å². The molecule has 1 aliphatic heterocycles. The van der Waals surface area contributed by atoms with E-state index in [1.807, 2.05) is 49.9 Å². The van der Waals surface area contributed by atoms with Crippen LogP contribution in [0.2, 0.25) is 0 Å². The first-order chi connectivity index (χ1) is 14.7. The minimum atomic E-state index is -0.521. The van der Waals surface area contributed by atoms with Crippen molar-refractivity contribution in [1.82, 2.24) is 9.80 Å². The molecule has 3 amide bonds. The maximum atomic E-state index is 12.8. The molecule has 1 saturated heterocycles. The van der Waals surface area contributed by atoms with Crippen LogP contribution in [0.3, 0.4) is 0 Å². The highest BCUT2D eigenvalue weighted by Gasteiger charge is 2.27. The van der Waals surface area contributed by atoms with Gasteiger partial charge in [-0.15, -0.1) is 0 Å². The highest BCUT2D eigenvalue weighted by Crippen LogP contribution is 2.20. The number of amides is 3. The van der Waals surface area contributed by atoms with Crippen molar-refractivity contribution in [2.45, 2.75) is 45.8 Å². The van der Waals surface area contributed by atoms with Crippen molar-refractivity contribution >= 4 is 17.8 Å². The molecule has 8 nitrogen and oxygen atoms in total. The van der Waals surface area contributed by atoms with Crippen LogP contribution in [0.5, 0.6) is 0 Å².